The lowest BCUT2D eigenvalue weighted by Gasteiger charge is -2.22. The van der Waals surface area contributed by atoms with Crippen LogP contribution in [0.1, 0.15) is 32.1 Å². The monoisotopic (exact) mass is 260 g/mol. The fourth-order valence-electron chi connectivity index (χ4n) is 1.70. The van der Waals surface area contributed by atoms with Gasteiger partial charge in [-0.1, -0.05) is 6.92 Å². The SMILES string of the molecule is CCCn1ccnc1C(NN)C(C)S(C)(=O)=O. The average molecular weight is 260 g/mol. The van der Waals surface area contributed by atoms with Crippen molar-refractivity contribution in [1.29, 1.82) is 0 Å². The number of aryl methyl sites for hydroxylation is 1. The summed E-state index contributed by atoms with van der Waals surface area (Å²) in [7, 11) is -3.17. The van der Waals surface area contributed by atoms with Gasteiger partial charge in [0.05, 0.1) is 11.3 Å². The third-order valence-electron chi connectivity index (χ3n) is 2.81. The standard InChI is InChI=1S/C10H20N4O2S/c1-4-6-14-7-5-12-10(14)9(13-11)8(2)17(3,15)16/h5,7-9,13H,4,6,11H2,1-3H3. The Bertz CT molecular complexity index is 455. The predicted octanol–water partition coefficient (Wildman–Crippen LogP) is 0.231. The van der Waals surface area contributed by atoms with Crippen LogP contribution in [0.2, 0.25) is 0 Å². The van der Waals surface area contributed by atoms with Crippen molar-refractivity contribution in [2.45, 2.75) is 38.1 Å². The third-order valence-corrected chi connectivity index (χ3v) is 4.44. The molecule has 0 radical (unpaired) electrons. The van der Waals surface area contributed by atoms with E-state index < -0.39 is 21.1 Å². The summed E-state index contributed by atoms with van der Waals surface area (Å²) in [4.78, 5) is 4.20. The predicted molar refractivity (Wildman–Crippen MR) is 66.9 cm³/mol. The number of nitrogens with two attached hydrogens (primary N) is 1. The molecule has 7 heteroatoms. The first-order valence-electron chi connectivity index (χ1n) is 5.57. The van der Waals surface area contributed by atoms with Crippen LogP contribution in [0.5, 0.6) is 0 Å². The van der Waals surface area contributed by atoms with Gasteiger partial charge in [-0.25, -0.2) is 18.8 Å². The Labute approximate surface area is 102 Å². The highest BCUT2D eigenvalue weighted by molar-refractivity contribution is 7.91. The van der Waals surface area contributed by atoms with E-state index in [0.717, 1.165) is 13.0 Å². The molecule has 0 saturated carbocycles. The molecule has 0 spiro atoms. The maximum absolute atomic E-state index is 11.6. The molecule has 1 aromatic rings. The molecule has 1 aromatic heterocycles. The van der Waals surface area contributed by atoms with Gasteiger partial charge in [-0.05, 0) is 13.3 Å². The molecule has 0 aliphatic rings. The Balaban J connectivity index is 3.05. The van der Waals surface area contributed by atoms with Crippen molar-refractivity contribution in [3.05, 3.63) is 18.2 Å². The van der Waals surface area contributed by atoms with E-state index in [1.165, 1.54) is 6.26 Å². The van der Waals surface area contributed by atoms with Crippen molar-refractivity contribution in [1.82, 2.24) is 15.0 Å². The molecule has 0 fully saturated rings. The van der Waals surface area contributed by atoms with Gasteiger partial charge < -0.3 is 4.57 Å². The average Bonchev–Trinajstić information content (AvgIpc) is 2.67. The normalized spacial score (nSPS) is 15.8. The van der Waals surface area contributed by atoms with Crippen LogP contribution in [-0.4, -0.2) is 29.5 Å². The van der Waals surface area contributed by atoms with Gasteiger partial charge in [0, 0.05) is 25.2 Å². The van der Waals surface area contributed by atoms with Crippen LogP contribution in [0.4, 0.5) is 0 Å². The van der Waals surface area contributed by atoms with E-state index in [9.17, 15) is 8.42 Å². The fourth-order valence-corrected chi connectivity index (χ4v) is 2.39. The number of hydrogen-bond donors (Lipinski definition) is 2. The van der Waals surface area contributed by atoms with Crippen LogP contribution in [0.15, 0.2) is 12.4 Å². The summed E-state index contributed by atoms with van der Waals surface area (Å²) >= 11 is 0. The molecule has 0 bridgehead atoms. The minimum Gasteiger partial charge on any atom is -0.334 e. The van der Waals surface area contributed by atoms with Gasteiger partial charge >= 0.3 is 0 Å². The first kappa shape index (κ1) is 14.1. The molecule has 0 aliphatic carbocycles. The first-order valence-corrected chi connectivity index (χ1v) is 7.53. The second kappa shape index (κ2) is 5.61. The van der Waals surface area contributed by atoms with E-state index in [1.54, 1.807) is 13.1 Å². The summed E-state index contributed by atoms with van der Waals surface area (Å²) < 4.78 is 25.0. The number of imidazole rings is 1. The summed E-state index contributed by atoms with van der Waals surface area (Å²) in [5, 5.41) is -0.620. The van der Waals surface area contributed by atoms with Crippen LogP contribution < -0.4 is 11.3 Å². The highest BCUT2D eigenvalue weighted by Gasteiger charge is 2.29. The van der Waals surface area contributed by atoms with Crippen molar-refractivity contribution in [3.8, 4) is 0 Å². The van der Waals surface area contributed by atoms with Gasteiger partial charge in [0.25, 0.3) is 0 Å². The first-order chi connectivity index (χ1) is 7.91. The molecule has 0 amide bonds. The molecule has 98 valence electrons. The Morgan fingerprint density at radius 1 is 1.59 bits per heavy atom. The van der Waals surface area contributed by atoms with Gasteiger partial charge in [0.15, 0.2) is 9.84 Å². The molecular formula is C10H20N4O2S. The number of sulfone groups is 1. The molecular weight excluding hydrogens is 240 g/mol. The third kappa shape index (κ3) is 3.27. The number of rotatable bonds is 6. The Morgan fingerprint density at radius 2 is 2.24 bits per heavy atom. The number of nitrogens with zero attached hydrogens (tertiary/aromatic N) is 2. The Hall–Kier alpha value is -0.920. The molecule has 2 atom stereocenters. The van der Waals surface area contributed by atoms with Crippen LogP contribution in [0.25, 0.3) is 0 Å². The minimum absolute atomic E-state index is 0.494. The second-order valence-corrected chi connectivity index (χ2v) is 6.56. The lowest BCUT2D eigenvalue weighted by molar-refractivity contribution is 0.469. The molecule has 1 rings (SSSR count). The van der Waals surface area contributed by atoms with Crippen molar-refractivity contribution in [2.75, 3.05) is 6.26 Å². The fraction of sp³-hybridized carbons (Fsp3) is 0.700. The van der Waals surface area contributed by atoms with Gasteiger partial charge in [-0.15, -0.1) is 0 Å². The molecule has 17 heavy (non-hydrogen) atoms. The zero-order chi connectivity index (χ0) is 13.1. The smallest absolute Gasteiger partial charge is 0.152 e. The zero-order valence-corrected chi connectivity index (χ0v) is 11.2. The number of aromatic nitrogens is 2. The van der Waals surface area contributed by atoms with Gasteiger partial charge in [-0.2, -0.15) is 0 Å². The van der Waals surface area contributed by atoms with E-state index in [0.29, 0.717) is 5.82 Å². The molecule has 2 unspecified atom stereocenters. The molecule has 6 nitrogen and oxygen atoms in total. The molecule has 1 heterocycles. The van der Waals surface area contributed by atoms with Crippen molar-refractivity contribution in [3.63, 3.8) is 0 Å². The van der Waals surface area contributed by atoms with Crippen molar-refractivity contribution < 1.29 is 8.42 Å². The highest BCUT2D eigenvalue weighted by atomic mass is 32.2. The maximum atomic E-state index is 11.6. The van der Waals surface area contributed by atoms with Gasteiger partial charge in [0.1, 0.15) is 5.82 Å². The van der Waals surface area contributed by atoms with Gasteiger partial charge in [-0.3, -0.25) is 5.84 Å². The minimum atomic E-state index is -3.17. The van der Waals surface area contributed by atoms with Crippen LogP contribution >= 0.6 is 0 Å². The topological polar surface area (TPSA) is 90.0 Å². The quantitative estimate of drug-likeness (QED) is 0.564. The molecule has 3 N–H and O–H groups in total. The van der Waals surface area contributed by atoms with E-state index in [-0.39, 0.29) is 0 Å². The summed E-state index contributed by atoms with van der Waals surface area (Å²) in [5.41, 5.74) is 2.55. The van der Waals surface area contributed by atoms with E-state index in [4.69, 9.17) is 5.84 Å². The van der Waals surface area contributed by atoms with Crippen molar-refractivity contribution >= 4 is 9.84 Å². The Kier molecular flexibility index (Phi) is 4.67. The largest absolute Gasteiger partial charge is 0.334 e. The van der Waals surface area contributed by atoms with E-state index in [2.05, 4.69) is 17.3 Å². The molecule has 0 aromatic carbocycles. The van der Waals surface area contributed by atoms with Crippen LogP contribution in [-0.2, 0) is 16.4 Å². The van der Waals surface area contributed by atoms with Crippen molar-refractivity contribution in [2.24, 2.45) is 5.84 Å². The highest BCUT2D eigenvalue weighted by Crippen LogP contribution is 2.19. The Morgan fingerprint density at radius 3 is 2.71 bits per heavy atom. The van der Waals surface area contributed by atoms with E-state index >= 15 is 0 Å². The molecule has 0 saturated heterocycles. The second-order valence-electron chi connectivity index (χ2n) is 4.16. The summed E-state index contributed by atoms with van der Waals surface area (Å²) in [6, 6.07) is -0.494. The lowest BCUT2D eigenvalue weighted by atomic mass is 10.2. The van der Waals surface area contributed by atoms with Crippen LogP contribution in [0, 0.1) is 0 Å². The number of hydrazine groups is 1. The number of hydrogen-bond acceptors (Lipinski definition) is 5. The van der Waals surface area contributed by atoms with Crippen LogP contribution in [0.3, 0.4) is 0 Å². The van der Waals surface area contributed by atoms with Gasteiger partial charge in [0.2, 0.25) is 0 Å². The molecule has 0 aliphatic heterocycles. The summed E-state index contributed by atoms with van der Waals surface area (Å²) in [6.45, 7) is 4.48. The summed E-state index contributed by atoms with van der Waals surface area (Å²) in [6.07, 6.45) is 5.64. The summed E-state index contributed by atoms with van der Waals surface area (Å²) in [5.74, 6) is 6.12. The number of nitrogens with one attached hydrogen (secondary N) is 1. The van der Waals surface area contributed by atoms with E-state index in [1.807, 2.05) is 10.8 Å². The zero-order valence-electron chi connectivity index (χ0n) is 10.4. The maximum Gasteiger partial charge on any atom is 0.152 e. The lowest BCUT2D eigenvalue weighted by Crippen LogP contribution is -2.40.